The Kier molecular flexibility index (Phi) is 4.48. The van der Waals surface area contributed by atoms with Crippen molar-refractivity contribution in [3.63, 3.8) is 0 Å². The molecule has 2 rings (SSSR count). The molecule has 0 atom stereocenters. The molecular weight excluding hydrogens is 267 g/mol. The van der Waals surface area contributed by atoms with Gasteiger partial charge < -0.3 is 5.32 Å². The molecule has 4 heteroatoms. The van der Waals surface area contributed by atoms with E-state index in [2.05, 4.69) is 16.9 Å². The number of aromatic nitrogens is 1. The smallest absolute Gasteiger partial charge is 0.248 e. The third kappa shape index (κ3) is 3.75. The molecule has 0 spiro atoms. The lowest BCUT2D eigenvalue weighted by Gasteiger charge is -2.09. The van der Waals surface area contributed by atoms with Crippen LogP contribution in [0.4, 0.5) is 10.2 Å². The molecule has 108 valence electrons. The summed E-state index contributed by atoms with van der Waals surface area (Å²) in [5.74, 6) is 0.103. The monoisotopic (exact) mass is 284 g/mol. The fourth-order valence-electron chi connectivity index (χ4n) is 1.93. The predicted octanol–water partition coefficient (Wildman–Crippen LogP) is 4.14. The minimum absolute atomic E-state index is 0.249. The SMILES string of the molecule is C=CC(=O)Nc1ccc(-c2cc(F)cc(C(C)C)c2)cn1. The van der Waals surface area contributed by atoms with Gasteiger partial charge >= 0.3 is 0 Å². The number of carbonyl (C=O) groups excluding carboxylic acids is 1. The Hall–Kier alpha value is -2.49. The number of anilines is 1. The molecule has 0 saturated heterocycles. The first-order valence-corrected chi connectivity index (χ1v) is 6.70. The van der Waals surface area contributed by atoms with Crippen LogP contribution < -0.4 is 5.32 Å². The molecule has 1 N–H and O–H groups in total. The van der Waals surface area contributed by atoms with Gasteiger partial charge in [-0.05, 0) is 47.4 Å². The summed E-state index contributed by atoms with van der Waals surface area (Å²) >= 11 is 0. The second-order valence-corrected chi connectivity index (χ2v) is 5.05. The largest absolute Gasteiger partial charge is 0.307 e. The summed E-state index contributed by atoms with van der Waals surface area (Å²) < 4.78 is 13.7. The van der Waals surface area contributed by atoms with E-state index in [1.807, 2.05) is 19.9 Å². The number of pyridine rings is 1. The van der Waals surface area contributed by atoms with E-state index in [1.165, 1.54) is 12.1 Å². The molecule has 21 heavy (non-hydrogen) atoms. The van der Waals surface area contributed by atoms with Crippen molar-refractivity contribution in [1.29, 1.82) is 0 Å². The molecule has 0 aliphatic carbocycles. The first-order chi connectivity index (χ1) is 9.99. The van der Waals surface area contributed by atoms with Crippen LogP contribution in [0.2, 0.25) is 0 Å². The first-order valence-electron chi connectivity index (χ1n) is 6.70. The maximum absolute atomic E-state index is 13.7. The maximum atomic E-state index is 13.7. The van der Waals surface area contributed by atoms with Crippen LogP contribution in [0.3, 0.4) is 0 Å². The topological polar surface area (TPSA) is 42.0 Å². The Balaban J connectivity index is 2.30. The molecule has 1 aromatic heterocycles. The number of halogens is 1. The second kappa shape index (κ2) is 6.31. The lowest BCUT2D eigenvalue weighted by Crippen LogP contribution is -2.08. The zero-order valence-electron chi connectivity index (χ0n) is 12.1. The maximum Gasteiger partial charge on any atom is 0.248 e. The fraction of sp³-hybridized carbons (Fsp3) is 0.176. The Bertz CT molecular complexity index is 663. The first kappa shape index (κ1) is 14.9. The molecule has 1 aromatic carbocycles. The third-order valence-corrected chi connectivity index (χ3v) is 3.12. The van der Waals surface area contributed by atoms with Crippen LogP contribution in [0.5, 0.6) is 0 Å². The molecular formula is C17H17FN2O. The molecule has 0 bridgehead atoms. The van der Waals surface area contributed by atoms with Gasteiger partial charge in [0, 0.05) is 11.8 Å². The average Bonchev–Trinajstić information content (AvgIpc) is 2.47. The summed E-state index contributed by atoms with van der Waals surface area (Å²) in [6, 6.07) is 8.44. The van der Waals surface area contributed by atoms with Crippen LogP contribution in [0.15, 0.2) is 49.2 Å². The standard InChI is InChI=1S/C17H17FN2O/c1-4-17(21)20-16-6-5-12(10-19-16)14-7-13(11(2)3)8-15(18)9-14/h4-11H,1H2,2-3H3,(H,19,20,21). The Morgan fingerprint density at radius 1 is 1.29 bits per heavy atom. The summed E-state index contributed by atoms with van der Waals surface area (Å²) in [6.07, 6.45) is 2.79. The lowest BCUT2D eigenvalue weighted by atomic mass is 9.98. The molecule has 1 amide bonds. The third-order valence-electron chi connectivity index (χ3n) is 3.12. The summed E-state index contributed by atoms with van der Waals surface area (Å²) in [4.78, 5) is 15.3. The van der Waals surface area contributed by atoms with Gasteiger partial charge in [-0.3, -0.25) is 4.79 Å². The minimum Gasteiger partial charge on any atom is -0.307 e. The summed E-state index contributed by atoms with van der Waals surface area (Å²) in [6.45, 7) is 7.41. The zero-order chi connectivity index (χ0) is 15.4. The predicted molar refractivity (Wildman–Crippen MR) is 82.5 cm³/mol. The van der Waals surface area contributed by atoms with Crippen molar-refractivity contribution >= 4 is 11.7 Å². The molecule has 0 aliphatic heterocycles. The highest BCUT2D eigenvalue weighted by atomic mass is 19.1. The number of amides is 1. The van der Waals surface area contributed by atoms with E-state index in [4.69, 9.17) is 0 Å². The molecule has 1 heterocycles. The fourth-order valence-corrected chi connectivity index (χ4v) is 1.93. The van der Waals surface area contributed by atoms with Crippen LogP contribution in [-0.4, -0.2) is 10.9 Å². The molecule has 3 nitrogen and oxygen atoms in total. The average molecular weight is 284 g/mol. The van der Waals surface area contributed by atoms with Crippen LogP contribution in [0, 0.1) is 5.82 Å². The molecule has 0 radical (unpaired) electrons. The van der Waals surface area contributed by atoms with Gasteiger partial charge in [0.15, 0.2) is 0 Å². The summed E-state index contributed by atoms with van der Waals surface area (Å²) in [7, 11) is 0. The van der Waals surface area contributed by atoms with Gasteiger partial charge in [0.05, 0.1) is 0 Å². The van der Waals surface area contributed by atoms with E-state index in [0.29, 0.717) is 5.82 Å². The number of benzene rings is 1. The van der Waals surface area contributed by atoms with E-state index < -0.39 is 0 Å². The molecule has 0 fully saturated rings. The van der Waals surface area contributed by atoms with Crippen molar-refractivity contribution in [2.75, 3.05) is 5.32 Å². The van der Waals surface area contributed by atoms with Gasteiger partial charge in [-0.1, -0.05) is 26.5 Å². The van der Waals surface area contributed by atoms with E-state index in [-0.39, 0.29) is 17.6 Å². The van der Waals surface area contributed by atoms with Crippen molar-refractivity contribution in [1.82, 2.24) is 4.98 Å². The molecule has 0 unspecified atom stereocenters. The Morgan fingerprint density at radius 3 is 2.62 bits per heavy atom. The highest BCUT2D eigenvalue weighted by Gasteiger charge is 2.07. The number of hydrogen-bond donors (Lipinski definition) is 1. The number of rotatable bonds is 4. The minimum atomic E-state index is -0.317. The van der Waals surface area contributed by atoms with E-state index >= 15 is 0 Å². The number of hydrogen-bond acceptors (Lipinski definition) is 2. The van der Waals surface area contributed by atoms with Gasteiger partial charge in [-0.15, -0.1) is 0 Å². The number of nitrogens with one attached hydrogen (secondary N) is 1. The van der Waals surface area contributed by atoms with Crippen molar-refractivity contribution in [2.24, 2.45) is 0 Å². The highest BCUT2D eigenvalue weighted by Crippen LogP contribution is 2.25. The van der Waals surface area contributed by atoms with E-state index in [1.54, 1.807) is 24.4 Å². The van der Waals surface area contributed by atoms with Crippen molar-refractivity contribution in [2.45, 2.75) is 19.8 Å². The molecule has 2 aromatic rings. The molecule has 0 saturated carbocycles. The van der Waals surface area contributed by atoms with Crippen molar-refractivity contribution in [3.05, 3.63) is 60.6 Å². The van der Waals surface area contributed by atoms with Crippen LogP contribution in [0.1, 0.15) is 25.3 Å². The quantitative estimate of drug-likeness (QED) is 0.857. The zero-order valence-corrected chi connectivity index (χ0v) is 12.1. The van der Waals surface area contributed by atoms with Crippen LogP contribution in [-0.2, 0) is 4.79 Å². The van der Waals surface area contributed by atoms with E-state index in [0.717, 1.165) is 16.7 Å². The van der Waals surface area contributed by atoms with Crippen LogP contribution >= 0.6 is 0 Å². The summed E-state index contributed by atoms with van der Waals surface area (Å²) in [5.41, 5.74) is 2.51. The van der Waals surface area contributed by atoms with E-state index in [9.17, 15) is 9.18 Å². The number of nitrogens with zero attached hydrogens (tertiary/aromatic N) is 1. The van der Waals surface area contributed by atoms with Gasteiger partial charge in [-0.2, -0.15) is 0 Å². The van der Waals surface area contributed by atoms with Crippen LogP contribution in [0.25, 0.3) is 11.1 Å². The van der Waals surface area contributed by atoms with Gasteiger partial charge in [0.2, 0.25) is 5.91 Å². The Labute approximate surface area is 123 Å². The normalized spacial score (nSPS) is 10.5. The summed E-state index contributed by atoms with van der Waals surface area (Å²) in [5, 5.41) is 2.57. The van der Waals surface area contributed by atoms with Crippen molar-refractivity contribution in [3.8, 4) is 11.1 Å². The highest BCUT2D eigenvalue weighted by molar-refractivity contribution is 5.98. The number of carbonyl (C=O) groups is 1. The second-order valence-electron chi connectivity index (χ2n) is 5.05. The lowest BCUT2D eigenvalue weighted by molar-refractivity contribution is -0.111. The van der Waals surface area contributed by atoms with Gasteiger partial charge in [0.25, 0.3) is 0 Å². The Morgan fingerprint density at radius 2 is 2.05 bits per heavy atom. The molecule has 0 aliphatic rings. The van der Waals surface area contributed by atoms with Crippen molar-refractivity contribution < 1.29 is 9.18 Å². The van der Waals surface area contributed by atoms with Gasteiger partial charge in [-0.25, -0.2) is 9.37 Å². The van der Waals surface area contributed by atoms with Gasteiger partial charge in [0.1, 0.15) is 11.6 Å².